The highest BCUT2D eigenvalue weighted by molar-refractivity contribution is 9.10. The fourth-order valence-electron chi connectivity index (χ4n) is 3.15. The number of nitrogens with zero attached hydrogens (tertiary/aromatic N) is 2. The molecule has 6 nitrogen and oxygen atoms in total. The standard InChI is InChI=1S/C21H27BrN4O2/c1-2-23-21(24-12-4-14-26-13-3-5-20(26)27)25-15-18-10-11-19(28-18)16-6-8-17(22)9-7-16/h6-11H,2-5,12-15H2,1H3,(H2,23,24,25). The Morgan fingerprint density at radius 1 is 1.21 bits per heavy atom. The van der Waals surface area contributed by atoms with Gasteiger partial charge < -0.3 is 20.0 Å². The van der Waals surface area contributed by atoms with Crippen molar-refractivity contribution in [2.24, 2.45) is 4.99 Å². The van der Waals surface area contributed by atoms with Gasteiger partial charge in [0.05, 0.1) is 0 Å². The van der Waals surface area contributed by atoms with E-state index >= 15 is 0 Å². The Hall–Kier alpha value is -2.28. The fourth-order valence-corrected chi connectivity index (χ4v) is 3.41. The zero-order valence-electron chi connectivity index (χ0n) is 16.2. The van der Waals surface area contributed by atoms with Crippen molar-refractivity contribution in [1.29, 1.82) is 0 Å². The molecule has 1 saturated heterocycles. The normalized spacial score (nSPS) is 14.6. The molecule has 1 aliphatic rings. The van der Waals surface area contributed by atoms with Gasteiger partial charge in [-0.25, -0.2) is 4.99 Å². The second kappa shape index (κ2) is 10.3. The lowest BCUT2D eigenvalue weighted by Crippen LogP contribution is -2.39. The lowest BCUT2D eigenvalue weighted by atomic mass is 10.2. The quantitative estimate of drug-likeness (QED) is 0.367. The van der Waals surface area contributed by atoms with Crippen molar-refractivity contribution in [2.75, 3.05) is 26.2 Å². The summed E-state index contributed by atoms with van der Waals surface area (Å²) in [7, 11) is 0. The molecule has 0 atom stereocenters. The van der Waals surface area contributed by atoms with Crippen LogP contribution >= 0.6 is 15.9 Å². The van der Waals surface area contributed by atoms with Gasteiger partial charge in [0.2, 0.25) is 5.91 Å². The van der Waals surface area contributed by atoms with Crippen LogP contribution in [0.25, 0.3) is 11.3 Å². The molecule has 0 radical (unpaired) electrons. The van der Waals surface area contributed by atoms with Crippen molar-refractivity contribution < 1.29 is 9.21 Å². The van der Waals surface area contributed by atoms with Gasteiger partial charge in [-0.3, -0.25) is 4.79 Å². The van der Waals surface area contributed by atoms with E-state index in [1.54, 1.807) is 0 Å². The summed E-state index contributed by atoms with van der Waals surface area (Å²) in [5.74, 6) is 2.69. The van der Waals surface area contributed by atoms with Crippen LogP contribution in [-0.2, 0) is 11.3 Å². The first-order valence-electron chi connectivity index (χ1n) is 9.80. The third kappa shape index (κ3) is 5.86. The predicted octanol–water partition coefficient (Wildman–Crippen LogP) is 3.78. The molecule has 1 fully saturated rings. The van der Waals surface area contributed by atoms with Gasteiger partial charge in [0.25, 0.3) is 0 Å². The molecule has 0 spiro atoms. The first-order chi connectivity index (χ1) is 13.7. The molecule has 0 unspecified atom stereocenters. The third-order valence-corrected chi connectivity index (χ3v) is 5.12. The number of likely N-dealkylation sites (tertiary alicyclic amines) is 1. The number of halogens is 1. The number of hydrogen-bond acceptors (Lipinski definition) is 3. The maximum Gasteiger partial charge on any atom is 0.222 e. The molecule has 1 aromatic carbocycles. The molecule has 1 aromatic heterocycles. The number of guanidine groups is 1. The van der Waals surface area contributed by atoms with E-state index in [0.717, 1.165) is 66.5 Å². The number of carbonyl (C=O) groups is 1. The second-order valence-electron chi connectivity index (χ2n) is 6.73. The van der Waals surface area contributed by atoms with Crippen LogP contribution < -0.4 is 10.6 Å². The molecular weight excluding hydrogens is 420 g/mol. The van der Waals surface area contributed by atoms with E-state index in [0.29, 0.717) is 13.0 Å². The van der Waals surface area contributed by atoms with E-state index in [1.807, 2.05) is 48.2 Å². The molecule has 2 heterocycles. The predicted molar refractivity (Wildman–Crippen MR) is 115 cm³/mol. The second-order valence-corrected chi connectivity index (χ2v) is 7.65. The molecule has 0 saturated carbocycles. The SMILES string of the molecule is CCNC(=NCc1ccc(-c2ccc(Br)cc2)o1)NCCCN1CCCC1=O. The molecule has 0 bridgehead atoms. The van der Waals surface area contributed by atoms with E-state index in [-0.39, 0.29) is 5.91 Å². The molecule has 150 valence electrons. The maximum atomic E-state index is 11.6. The van der Waals surface area contributed by atoms with Crippen molar-refractivity contribution >= 4 is 27.8 Å². The van der Waals surface area contributed by atoms with Crippen molar-refractivity contribution in [3.8, 4) is 11.3 Å². The number of aliphatic imine (C=N–C) groups is 1. The van der Waals surface area contributed by atoms with E-state index in [4.69, 9.17) is 4.42 Å². The van der Waals surface area contributed by atoms with Crippen molar-refractivity contribution in [3.05, 3.63) is 46.6 Å². The Morgan fingerprint density at radius 2 is 2.04 bits per heavy atom. The van der Waals surface area contributed by atoms with Gasteiger partial charge in [0, 0.05) is 42.6 Å². The lowest BCUT2D eigenvalue weighted by Gasteiger charge is -2.16. The summed E-state index contributed by atoms with van der Waals surface area (Å²) in [6.07, 6.45) is 2.59. The van der Waals surface area contributed by atoms with Crippen LogP contribution in [0, 0.1) is 0 Å². The average molecular weight is 447 g/mol. The van der Waals surface area contributed by atoms with Gasteiger partial charge in [0.15, 0.2) is 5.96 Å². The number of rotatable bonds is 8. The molecule has 0 aliphatic carbocycles. The van der Waals surface area contributed by atoms with E-state index in [2.05, 4.69) is 31.6 Å². The van der Waals surface area contributed by atoms with Crippen LogP contribution in [0.3, 0.4) is 0 Å². The van der Waals surface area contributed by atoms with Gasteiger partial charge >= 0.3 is 0 Å². The van der Waals surface area contributed by atoms with Gasteiger partial charge in [0.1, 0.15) is 18.1 Å². The number of nitrogens with one attached hydrogen (secondary N) is 2. The van der Waals surface area contributed by atoms with E-state index in [9.17, 15) is 4.79 Å². The first kappa shape index (κ1) is 20.5. The van der Waals surface area contributed by atoms with Crippen LogP contribution in [0.1, 0.15) is 31.9 Å². The van der Waals surface area contributed by atoms with Gasteiger partial charge in [-0.1, -0.05) is 28.1 Å². The van der Waals surface area contributed by atoms with Crippen LogP contribution in [-0.4, -0.2) is 42.9 Å². The molecule has 1 aliphatic heterocycles. The van der Waals surface area contributed by atoms with Crippen molar-refractivity contribution in [2.45, 2.75) is 32.7 Å². The van der Waals surface area contributed by atoms with Crippen LogP contribution in [0.4, 0.5) is 0 Å². The number of amides is 1. The summed E-state index contributed by atoms with van der Waals surface area (Å²) in [5.41, 5.74) is 1.04. The van der Waals surface area contributed by atoms with Crippen LogP contribution in [0.15, 0.2) is 50.3 Å². The molecule has 2 N–H and O–H groups in total. The highest BCUT2D eigenvalue weighted by Gasteiger charge is 2.18. The summed E-state index contributed by atoms with van der Waals surface area (Å²) in [5, 5.41) is 6.57. The summed E-state index contributed by atoms with van der Waals surface area (Å²) in [6, 6.07) is 12.0. The minimum atomic E-state index is 0.278. The largest absolute Gasteiger partial charge is 0.459 e. The topological polar surface area (TPSA) is 69.9 Å². The van der Waals surface area contributed by atoms with Crippen molar-refractivity contribution in [3.63, 3.8) is 0 Å². The zero-order chi connectivity index (χ0) is 19.8. The summed E-state index contributed by atoms with van der Waals surface area (Å²) >= 11 is 3.44. The number of benzene rings is 1. The maximum absolute atomic E-state index is 11.6. The molecule has 3 rings (SSSR count). The Labute approximate surface area is 174 Å². The molecule has 1 amide bonds. The van der Waals surface area contributed by atoms with Gasteiger partial charge in [-0.15, -0.1) is 0 Å². The van der Waals surface area contributed by atoms with Crippen molar-refractivity contribution in [1.82, 2.24) is 15.5 Å². The highest BCUT2D eigenvalue weighted by atomic mass is 79.9. The first-order valence-corrected chi connectivity index (χ1v) is 10.6. The van der Waals surface area contributed by atoms with E-state index < -0.39 is 0 Å². The van der Waals surface area contributed by atoms with Crippen LogP contribution in [0.5, 0.6) is 0 Å². The molecule has 7 heteroatoms. The Balaban J connectivity index is 1.49. The number of furan rings is 1. The minimum absolute atomic E-state index is 0.278. The Morgan fingerprint density at radius 3 is 2.75 bits per heavy atom. The monoisotopic (exact) mass is 446 g/mol. The number of hydrogen-bond donors (Lipinski definition) is 2. The average Bonchev–Trinajstić information content (AvgIpc) is 3.33. The molecule has 28 heavy (non-hydrogen) atoms. The van der Waals surface area contributed by atoms with Gasteiger partial charge in [-0.05, 0) is 44.0 Å². The number of carbonyl (C=O) groups excluding carboxylic acids is 1. The van der Waals surface area contributed by atoms with Gasteiger partial charge in [-0.2, -0.15) is 0 Å². The molecular formula is C21H27BrN4O2. The minimum Gasteiger partial charge on any atom is -0.459 e. The zero-order valence-corrected chi connectivity index (χ0v) is 17.8. The summed E-state index contributed by atoms with van der Waals surface area (Å²) in [4.78, 5) is 18.2. The summed E-state index contributed by atoms with van der Waals surface area (Å²) in [6.45, 7) is 5.78. The fraction of sp³-hybridized carbons (Fsp3) is 0.429. The summed E-state index contributed by atoms with van der Waals surface area (Å²) < 4.78 is 6.97. The smallest absolute Gasteiger partial charge is 0.222 e. The lowest BCUT2D eigenvalue weighted by molar-refractivity contribution is -0.127. The Bertz CT molecular complexity index is 801. The highest BCUT2D eigenvalue weighted by Crippen LogP contribution is 2.24. The molecule has 2 aromatic rings. The van der Waals surface area contributed by atoms with Crippen LogP contribution in [0.2, 0.25) is 0 Å². The van der Waals surface area contributed by atoms with E-state index in [1.165, 1.54) is 0 Å². The Kier molecular flexibility index (Phi) is 7.54. The third-order valence-electron chi connectivity index (χ3n) is 4.60.